The molecule has 1 fully saturated rings. The summed E-state index contributed by atoms with van der Waals surface area (Å²) in [6, 6.07) is 8.78. The van der Waals surface area contributed by atoms with Crippen molar-refractivity contribution < 1.29 is 18.0 Å². The van der Waals surface area contributed by atoms with Gasteiger partial charge in [-0.25, -0.2) is 0 Å². The summed E-state index contributed by atoms with van der Waals surface area (Å²) in [4.78, 5) is 15.1. The molecular weight excluding hydrogens is 366 g/mol. The summed E-state index contributed by atoms with van der Waals surface area (Å²) in [7, 11) is 0. The van der Waals surface area contributed by atoms with Gasteiger partial charge in [0, 0.05) is 26.2 Å². The van der Waals surface area contributed by atoms with Crippen LogP contribution in [0.5, 0.6) is 0 Å². The van der Waals surface area contributed by atoms with Gasteiger partial charge < -0.3 is 10.6 Å². The Labute approximate surface area is 152 Å². The maximum Gasteiger partial charge on any atom is 0.401 e. The van der Waals surface area contributed by atoms with Crippen molar-refractivity contribution in [3.05, 3.63) is 35.9 Å². The minimum absolute atomic E-state index is 0. The van der Waals surface area contributed by atoms with Crippen LogP contribution in [0.4, 0.5) is 13.2 Å². The molecule has 1 heterocycles. The van der Waals surface area contributed by atoms with Crippen LogP contribution in [0, 0.1) is 0 Å². The van der Waals surface area contributed by atoms with Crippen molar-refractivity contribution in [3.63, 3.8) is 0 Å². The number of alkyl halides is 3. The molecule has 1 aliphatic rings. The fraction of sp³-hybridized carbons (Fsp3) is 0.533. The minimum Gasteiger partial charge on any atom is -0.339 e. The van der Waals surface area contributed by atoms with E-state index in [1.807, 2.05) is 30.3 Å². The number of carbonyl (C=O) groups excluding carboxylic acids is 1. The van der Waals surface area contributed by atoms with Gasteiger partial charge in [0.2, 0.25) is 5.91 Å². The molecule has 9 heteroatoms. The summed E-state index contributed by atoms with van der Waals surface area (Å²) in [5.41, 5.74) is 6.90. The van der Waals surface area contributed by atoms with Crippen molar-refractivity contribution >= 4 is 30.7 Å². The Morgan fingerprint density at radius 2 is 1.62 bits per heavy atom. The van der Waals surface area contributed by atoms with Crippen LogP contribution in [0.25, 0.3) is 0 Å². The van der Waals surface area contributed by atoms with Gasteiger partial charge in [0.25, 0.3) is 0 Å². The monoisotopic (exact) mass is 387 g/mol. The number of hydrogen-bond acceptors (Lipinski definition) is 3. The summed E-state index contributed by atoms with van der Waals surface area (Å²) in [6.07, 6.45) is -3.77. The highest BCUT2D eigenvalue weighted by Crippen LogP contribution is 2.17. The Bertz CT molecular complexity index is 494. The van der Waals surface area contributed by atoms with E-state index < -0.39 is 18.8 Å². The average Bonchev–Trinajstić information content (AvgIpc) is 2.46. The van der Waals surface area contributed by atoms with Crippen molar-refractivity contribution in [2.24, 2.45) is 5.73 Å². The third-order valence-electron chi connectivity index (χ3n) is 3.70. The average molecular weight is 388 g/mol. The summed E-state index contributed by atoms with van der Waals surface area (Å²) < 4.78 is 37.0. The summed E-state index contributed by atoms with van der Waals surface area (Å²) in [6.45, 7) is 0.104. The Kier molecular flexibility index (Phi) is 9.65. The molecule has 2 N–H and O–H groups in total. The van der Waals surface area contributed by atoms with E-state index in [0.29, 0.717) is 6.42 Å². The standard InChI is InChI=1S/C15H20F3N3O.2ClH/c16-15(17,18)11-20-6-8-21(9-7-20)14(22)13(19)10-12-4-2-1-3-5-12;;/h1-5,13H,6-11,19H2;2*1H. The number of carbonyl (C=O) groups is 1. The first-order valence-corrected chi connectivity index (χ1v) is 7.22. The van der Waals surface area contributed by atoms with Crippen LogP contribution in [-0.4, -0.2) is 60.6 Å². The van der Waals surface area contributed by atoms with E-state index in [0.717, 1.165) is 5.56 Å². The van der Waals surface area contributed by atoms with Gasteiger partial charge in [-0.2, -0.15) is 13.2 Å². The number of rotatable bonds is 4. The quantitative estimate of drug-likeness (QED) is 0.860. The van der Waals surface area contributed by atoms with Crippen molar-refractivity contribution in [2.45, 2.75) is 18.6 Å². The lowest BCUT2D eigenvalue weighted by molar-refractivity contribution is -0.152. The van der Waals surface area contributed by atoms with Gasteiger partial charge in [0.15, 0.2) is 0 Å². The Hall–Kier alpha value is -1.02. The maximum atomic E-state index is 12.3. The predicted octanol–water partition coefficient (Wildman–Crippen LogP) is 2.11. The number of piperazine rings is 1. The van der Waals surface area contributed by atoms with Gasteiger partial charge in [-0.15, -0.1) is 24.8 Å². The third-order valence-corrected chi connectivity index (χ3v) is 3.70. The molecule has 0 saturated carbocycles. The summed E-state index contributed by atoms with van der Waals surface area (Å²) in [5, 5.41) is 0. The van der Waals surface area contributed by atoms with Gasteiger partial charge in [-0.3, -0.25) is 9.69 Å². The fourth-order valence-electron chi connectivity index (χ4n) is 2.57. The van der Waals surface area contributed by atoms with Crippen LogP contribution in [-0.2, 0) is 11.2 Å². The zero-order valence-corrected chi connectivity index (χ0v) is 14.7. The zero-order valence-electron chi connectivity index (χ0n) is 13.0. The molecule has 2 rings (SSSR count). The van der Waals surface area contributed by atoms with E-state index in [4.69, 9.17) is 5.73 Å². The second kappa shape index (κ2) is 10.1. The number of hydrogen-bond donors (Lipinski definition) is 1. The van der Waals surface area contributed by atoms with E-state index in [1.54, 1.807) is 4.90 Å². The number of nitrogens with two attached hydrogens (primary N) is 1. The maximum absolute atomic E-state index is 12.3. The lowest BCUT2D eigenvalue weighted by Crippen LogP contribution is -2.54. The molecule has 0 spiro atoms. The number of halogens is 5. The molecule has 1 unspecified atom stereocenters. The smallest absolute Gasteiger partial charge is 0.339 e. The second-order valence-electron chi connectivity index (χ2n) is 5.51. The lowest BCUT2D eigenvalue weighted by atomic mass is 10.1. The summed E-state index contributed by atoms with van der Waals surface area (Å²) in [5.74, 6) is -0.199. The Balaban J connectivity index is 0.00000264. The largest absolute Gasteiger partial charge is 0.401 e. The van der Waals surface area contributed by atoms with Crippen LogP contribution in [0.1, 0.15) is 5.56 Å². The van der Waals surface area contributed by atoms with Crippen molar-refractivity contribution in [1.82, 2.24) is 9.80 Å². The second-order valence-corrected chi connectivity index (χ2v) is 5.51. The van der Waals surface area contributed by atoms with E-state index in [1.165, 1.54) is 4.90 Å². The third kappa shape index (κ3) is 7.25. The molecule has 0 radical (unpaired) electrons. The van der Waals surface area contributed by atoms with Crippen LogP contribution >= 0.6 is 24.8 Å². The van der Waals surface area contributed by atoms with Gasteiger partial charge >= 0.3 is 6.18 Å². The van der Waals surface area contributed by atoms with E-state index >= 15 is 0 Å². The van der Waals surface area contributed by atoms with Crippen LogP contribution in [0.15, 0.2) is 30.3 Å². The Morgan fingerprint density at radius 1 is 1.08 bits per heavy atom. The van der Waals surface area contributed by atoms with E-state index in [-0.39, 0.29) is 56.9 Å². The highest BCUT2D eigenvalue weighted by atomic mass is 35.5. The molecule has 24 heavy (non-hydrogen) atoms. The van der Waals surface area contributed by atoms with Crippen molar-refractivity contribution in [3.8, 4) is 0 Å². The molecular formula is C15H22Cl2F3N3O. The van der Waals surface area contributed by atoms with Gasteiger partial charge in [-0.1, -0.05) is 30.3 Å². The van der Waals surface area contributed by atoms with Crippen LogP contribution in [0.3, 0.4) is 0 Å². The molecule has 1 amide bonds. The molecule has 4 nitrogen and oxygen atoms in total. The van der Waals surface area contributed by atoms with E-state index in [2.05, 4.69) is 0 Å². The minimum atomic E-state index is -4.20. The molecule has 1 aromatic carbocycles. The number of benzene rings is 1. The van der Waals surface area contributed by atoms with Crippen molar-refractivity contribution in [2.75, 3.05) is 32.7 Å². The highest BCUT2D eigenvalue weighted by Gasteiger charge is 2.33. The van der Waals surface area contributed by atoms with Gasteiger partial charge in [-0.05, 0) is 12.0 Å². The molecule has 1 aromatic rings. The van der Waals surface area contributed by atoms with Crippen LogP contribution < -0.4 is 5.73 Å². The highest BCUT2D eigenvalue weighted by molar-refractivity contribution is 5.85. The molecule has 138 valence electrons. The molecule has 0 aromatic heterocycles. The number of nitrogens with zero attached hydrogens (tertiary/aromatic N) is 2. The molecule has 1 aliphatic heterocycles. The first-order chi connectivity index (χ1) is 10.3. The van der Waals surface area contributed by atoms with E-state index in [9.17, 15) is 18.0 Å². The molecule has 1 saturated heterocycles. The fourth-order valence-corrected chi connectivity index (χ4v) is 2.57. The molecule has 0 aliphatic carbocycles. The van der Waals surface area contributed by atoms with Crippen LogP contribution in [0.2, 0.25) is 0 Å². The van der Waals surface area contributed by atoms with Gasteiger partial charge in [0.1, 0.15) is 0 Å². The molecule has 1 atom stereocenters. The SMILES string of the molecule is Cl.Cl.NC(Cc1ccccc1)C(=O)N1CCN(CC(F)(F)F)CC1. The number of amides is 1. The normalized spacial score (nSPS) is 16.8. The van der Waals surface area contributed by atoms with Crippen molar-refractivity contribution in [1.29, 1.82) is 0 Å². The Morgan fingerprint density at radius 3 is 2.12 bits per heavy atom. The lowest BCUT2D eigenvalue weighted by Gasteiger charge is -2.36. The first-order valence-electron chi connectivity index (χ1n) is 7.22. The summed E-state index contributed by atoms with van der Waals surface area (Å²) >= 11 is 0. The zero-order chi connectivity index (χ0) is 16.2. The topological polar surface area (TPSA) is 49.6 Å². The van der Waals surface area contributed by atoms with Gasteiger partial charge in [0.05, 0.1) is 12.6 Å². The first kappa shape index (κ1) is 23.0. The molecule has 0 bridgehead atoms. The predicted molar refractivity (Wildman–Crippen MR) is 91.7 cm³/mol.